The van der Waals surface area contributed by atoms with E-state index in [1.165, 1.54) is 0 Å². The van der Waals surface area contributed by atoms with Crippen LogP contribution in [-0.2, 0) is 6.61 Å². The van der Waals surface area contributed by atoms with Gasteiger partial charge in [0.05, 0.1) is 6.10 Å². The third-order valence-corrected chi connectivity index (χ3v) is 4.47. The molecule has 0 bridgehead atoms. The van der Waals surface area contributed by atoms with Gasteiger partial charge in [-0.1, -0.05) is 36.4 Å². The summed E-state index contributed by atoms with van der Waals surface area (Å²) in [6, 6.07) is 17.0. The summed E-state index contributed by atoms with van der Waals surface area (Å²) in [7, 11) is 0. The van der Waals surface area contributed by atoms with E-state index in [1.807, 2.05) is 54.6 Å². The Hall–Kier alpha value is -2.79. The molecule has 3 aromatic rings. The van der Waals surface area contributed by atoms with Crippen LogP contribution in [-0.4, -0.2) is 35.1 Å². The first kappa shape index (κ1) is 15.7. The van der Waals surface area contributed by atoms with Crippen LogP contribution in [0, 0.1) is 0 Å². The van der Waals surface area contributed by atoms with Crippen molar-refractivity contribution in [3.63, 3.8) is 0 Å². The van der Waals surface area contributed by atoms with Crippen LogP contribution in [0.5, 0.6) is 5.75 Å². The SMILES string of the molecule is O=C(c1oc2ccccc2c1COc1ccccc1)N1CC[C@H](O)C1. The minimum absolute atomic E-state index is 0.195. The third-order valence-electron chi connectivity index (χ3n) is 4.47. The Morgan fingerprint density at radius 1 is 1.16 bits per heavy atom. The first-order valence-electron chi connectivity index (χ1n) is 8.38. The number of likely N-dealkylation sites (tertiary alicyclic amines) is 1. The fraction of sp³-hybridized carbons (Fsp3) is 0.250. The molecule has 5 heteroatoms. The van der Waals surface area contributed by atoms with E-state index in [0.29, 0.717) is 30.9 Å². The molecule has 2 aromatic carbocycles. The van der Waals surface area contributed by atoms with E-state index in [4.69, 9.17) is 9.15 Å². The molecule has 25 heavy (non-hydrogen) atoms. The fourth-order valence-electron chi connectivity index (χ4n) is 3.16. The molecular weight excluding hydrogens is 318 g/mol. The predicted molar refractivity (Wildman–Crippen MR) is 93.5 cm³/mol. The average molecular weight is 337 g/mol. The highest BCUT2D eigenvalue weighted by molar-refractivity contribution is 5.99. The molecular formula is C20H19NO4. The lowest BCUT2D eigenvalue weighted by atomic mass is 10.1. The molecule has 4 rings (SSSR count). The van der Waals surface area contributed by atoms with Crippen LogP contribution in [0.2, 0.25) is 0 Å². The Morgan fingerprint density at radius 3 is 2.68 bits per heavy atom. The molecule has 1 aromatic heterocycles. The molecule has 1 amide bonds. The van der Waals surface area contributed by atoms with Crippen LogP contribution >= 0.6 is 0 Å². The number of carbonyl (C=O) groups is 1. The lowest BCUT2D eigenvalue weighted by molar-refractivity contribution is 0.0732. The van der Waals surface area contributed by atoms with Gasteiger partial charge in [0.2, 0.25) is 0 Å². The van der Waals surface area contributed by atoms with Gasteiger partial charge < -0.3 is 19.2 Å². The molecule has 0 radical (unpaired) electrons. The quantitative estimate of drug-likeness (QED) is 0.794. The maximum Gasteiger partial charge on any atom is 0.290 e. The number of β-amino-alcohol motifs (C(OH)–C–C–N with tert-alkyl or cyclic N) is 1. The van der Waals surface area contributed by atoms with Crippen molar-refractivity contribution in [2.45, 2.75) is 19.1 Å². The molecule has 1 atom stereocenters. The summed E-state index contributed by atoms with van der Waals surface area (Å²) in [4.78, 5) is 14.5. The number of aliphatic hydroxyl groups is 1. The molecule has 5 nitrogen and oxygen atoms in total. The van der Waals surface area contributed by atoms with Gasteiger partial charge in [-0.3, -0.25) is 4.79 Å². The number of ether oxygens (including phenoxy) is 1. The van der Waals surface area contributed by atoms with Crippen LogP contribution < -0.4 is 4.74 Å². The third kappa shape index (κ3) is 3.10. The van der Waals surface area contributed by atoms with Crippen molar-refractivity contribution < 1.29 is 19.1 Å². The Balaban J connectivity index is 1.67. The van der Waals surface area contributed by atoms with E-state index < -0.39 is 6.10 Å². The van der Waals surface area contributed by atoms with Gasteiger partial charge in [-0.25, -0.2) is 0 Å². The maximum atomic E-state index is 12.9. The summed E-state index contributed by atoms with van der Waals surface area (Å²) in [5.41, 5.74) is 1.41. The molecule has 0 unspecified atom stereocenters. The Morgan fingerprint density at radius 2 is 1.92 bits per heavy atom. The number of carbonyl (C=O) groups excluding carboxylic acids is 1. The van der Waals surface area contributed by atoms with E-state index in [1.54, 1.807) is 4.90 Å². The lowest BCUT2D eigenvalue weighted by Crippen LogP contribution is -2.30. The molecule has 1 saturated heterocycles. The summed E-state index contributed by atoms with van der Waals surface area (Å²) in [6.07, 6.45) is 0.138. The van der Waals surface area contributed by atoms with Gasteiger partial charge in [-0.05, 0) is 24.6 Å². The Labute approximate surface area is 145 Å². The number of rotatable bonds is 4. The number of aliphatic hydroxyl groups excluding tert-OH is 1. The van der Waals surface area contributed by atoms with Gasteiger partial charge in [-0.15, -0.1) is 0 Å². The first-order valence-corrected chi connectivity index (χ1v) is 8.38. The van der Waals surface area contributed by atoms with Crippen molar-refractivity contribution in [3.05, 3.63) is 65.9 Å². The number of hydrogen-bond acceptors (Lipinski definition) is 4. The summed E-state index contributed by atoms with van der Waals surface area (Å²) in [5.74, 6) is 0.841. The zero-order valence-electron chi connectivity index (χ0n) is 13.7. The van der Waals surface area contributed by atoms with Crippen LogP contribution in [0.15, 0.2) is 59.0 Å². The minimum Gasteiger partial charge on any atom is -0.489 e. The zero-order chi connectivity index (χ0) is 17.2. The average Bonchev–Trinajstić information content (AvgIpc) is 3.24. The highest BCUT2D eigenvalue weighted by Gasteiger charge is 2.30. The predicted octanol–water partition coefficient (Wildman–Crippen LogP) is 3.22. The second-order valence-corrected chi connectivity index (χ2v) is 6.20. The van der Waals surface area contributed by atoms with E-state index in [2.05, 4.69) is 0 Å². The van der Waals surface area contributed by atoms with E-state index >= 15 is 0 Å². The summed E-state index contributed by atoms with van der Waals surface area (Å²) in [5, 5.41) is 10.6. The van der Waals surface area contributed by atoms with Crippen molar-refractivity contribution in [2.24, 2.45) is 0 Å². The number of amides is 1. The molecule has 2 heterocycles. The van der Waals surface area contributed by atoms with Crippen molar-refractivity contribution in [2.75, 3.05) is 13.1 Å². The molecule has 0 aliphatic carbocycles. The summed E-state index contributed by atoms with van der Waals surface area (Å²) in [6.45, 7) is 1.13. The molecule has 1 aliphatic rings. The lowest BCUT2D eigenvalue weighted by Gasteiger charge is -2.15. The molecule has 0 saturated carbocycles. The van der Waals surface area contributed by atoms with E-state index in [-0.39, 0.29) is 12.5 Å². The van der Waals surface area contributed by atoms with E-state index in [0.717, 1.165) is 16.7 Å². The van der Waals surface area contributed by atoms with Crippen molar-refractivity contribution in [1.82, 2.24) is 4.90 Å². The van der Waals surface area contributed by atoms with Crippen LogP contribution in [0.1, 0.15) is 22.5 Å². The van der Waals surface area contributed by atoms with Gasteiger partial charge in [0.25, 0.3) is 5.91 Å². The highest BCUT2D eigenvalue weighted by Crippen LogP contribution is 2.29. The van der Waals surface area contributed by atoms with Crippen molar-refractivity contribution in [3.8, 4) is 5.75 Å². The Bertz CT molecular complexity index is 887. The van der Waals surface area contributed by atoms with Gasteiger partial charge in [0.1, 0.15) is 17.9 Å². The number of para-hydroxylation sites is 2. The van der Waals surface area contributed by atoms with Crippen LogP contribution in [0.25, 0.3) is 11.0 Å². The minimum atomic E-state index is -0.461. The zero-order valence-corrected chi connectivity index (χ0v) is 13.7. The van der Waals surface area contributed by atoms with Crippen molar-refractivity contribution >= 4 is 16.9 Å². The van der Waals surface area contributed by atoms with Gasteiger partial charge in [0, 0.05) is 24.0 Å². The number of hydrogen-bond donors (Lipinski definition) is 1. The first-order chi connectivity index (χ1) is 12.2. The molecule has 0 spiro atoms. The Kier molecular flexibility index (Phi) is 4.15. The fourth-order valence-corrected chi connectivity index (χ4v) is 3.16. The molecule has 1 fully saturated rings. The monoisotopic (exact) mass is 337 g/mol. The van der Waals surface area contributed by atoms with Crippen molar-refractivity contribution in [1.29, 1.82) is 0 Å². The standard InChI is InChI=1S/C20H19NO4/c22-14-10-11-21(12-14)20(23)19-17(13-24-15-6-2-1-3-7-15)16-8-4-5-9-18(16)25-19/h1-9,14,22H,10-13H2/t14-/m0/s1. The van der Waals surface area contributed by atoms with Crippen LogP contribution in [0.3, 0.4) is 0 Å². The smallest absolute Gasteiger partial charge is 0.290 e. The second kappa shape index (κ2) is 6.61. The highest BCUT2D eigenvalue weighted by atomic mass is 16.5. The van der Waals surface area contributed by atoms with Gasteiger partial charge >= 0.3 is 0 Å². The largest absolute Gasteiger partial charge is 0.489 e. The molecule has 1 aliphatic heterocycles. The normalized spacial score (nSPS) is 17.2. The van der Waals surface area contributed by atoms with Gasteiger partial charge in [0.15, 0.2) is 5.76 Å². The summed E-state index contributed by atoms with van der Waals surface area (Å²) >= 11 is 0. The van der Waals surface area contributed by atoms with Gasteiger partial charge in [-0.2, -0.15) is 0 Å². The number of fused-ring (bicyclic) bond motifs is 1. The maximum absolute atomic E-state index is 12.9. The molecule has 1 N–H and O–H groups in total. The summed E-state index contributed by atoms with van der Waals surface area (Å²) < 4.78 is 11.7. The second-order valence-electron chi connectivity index (χ2n) is 6.20. The van der Waals surface area contributed by atoms with E-state index in [9.17, 15) is 9.90 Å². The number of benzene rings is 2. The topological polar surface area (TPSA) is 62.9 Å². The van der Waals surface area contributed by atoms with Crippen LogP contribution in [0.4, 0.5) is 0 Å². The molecule has 128 valence electrons. The number of furan rings is 1. The number of nitrogens with zero attached hydrogens (tertiary/aromatic N) is 1.